The van der Waals surface area contributed by atoms with Crippen LogP contribution in [0.25, 0.3) is 0 Å². The predicted octanol–water partition coefficient (Wildman–Crippen LogP) is 4.96. The van der Waals surface area contributed by atoms with Crippen molar-refractivity contribution in [1.82, 2.24) is 5.32 Å². The molecule has 0 fully saturated rings. The third kappa shape index (κ3) is 4.24. The molecule has 1 aliphatic rings. The maximum atomic E-state index is 12.9. The van der Waals surface area contributed by atoms with Gasteiger partial charge in [-0.3, -0.25) is 9.79 Å². The van der Waals surface area contributed by atoms with Gasteiger partial charge in [-0.25, -0.2) is 0 Å². The second-order valence-corrected chi connectivity index (χ2v) is 7.47. The molecule has 146 valence electrons. The summed E-state index contributed by atoms with van der Waals surface area (Å²) < 4.78 is 0. The normalized spacial score (nSPS) is 15.9. The molecule has 3 aromatic carbocycles. The van der Waals surface area contributed by atoms with E-state index in [1.165, 1.54) is 5.56 Å². The molecule has 1 amide bonds. The van der Waals surface area contributed by atoms with E-state index < -0.39 is 5.92 Å². The Labute approximate surface area is 175 Å². The second-order valence-electron chi connectivity index (χ2n) is 7.04. The smallest absolute Gasteiger partial charge is 0.238 e. The Bertz CT molecular complexity index is 1050. The highest BCUT2D eigenvalue weighted by Crippen LogP contribution is 2.37. The van der Waals surface area contributed by atoms with E-state index in [2.05, 4.69) is 22.8 Å². The lowest BCUT2D eigenvalue weighted by Crippen LogP contribution is -2.21. The van der Waals surface area contributed by atoms with E-state index in [1.54, 1.807) is 6.07 Å². The van der Waals surface area contributed by atoms with Crippen molar-refractivity contribution in [1.29, 1.82) is 0 Å². The monoisotopic (exact) mass is 403 g/mol. The maximum Gasteiger partial charge on any atom is 0.238 e. The van der Waals surface area contributed by atoms with Crippen LogP contribution in [0.15, 0.2) is 77.8 Å². The maximum absolute atomic E-state index is 12.9. The lowest BCUT2D eigenvalue weighted by Gasteiger charge is -2.14. The fourth-order valence-corrected chi connectivity index (χ4v) is 3.73. The first kappa shape index (κ1) is 19.4. The summed E-state index contributed by atoms with van der Waals surface area (Å²) >= 11 is 6.11. The van der Waals surface area contributed by atoms with Gasteiger partial charge in [0.25, 0.3) is 0 Å². The number of anilines is 1. The van der Waals surface area contributed by atoms with Crippen molar-refractivity contribution in [2.45, 2.75) is 12.3 Å². The van der Waals surface area contributed by atoms with E-state index in [9.17, 15) is 4.79 Å². The van der Waals surface area contributed by atoms with Gasteiger partial charge in [-0.15, -0.1) is 0 Å². The van der Waals surface area contributed by atoms with Crippen molar-refractivity contribution in [2.24, 2.45) is 4.99 Å². The summed E-state index contributed by atoms with van der Waals surface area (Å²) in [6.45, 7) is 0.930. The highest BCUT2D eigenvalue weighted by molar-refractivity contribution is 6.31. The van der Waals surface area contributed by atoms with Gasteiger partial charge in [0, 0.05) is 10.7 Å². The lowest BCUT2D eigenvalue weighted by atomic mass is 9.90. The Morgan fingerprint density at radius 3 is 2.55 bits per heavy atom. The third-order valence-corrected chi connectivity index (χ3v) is 5.27. The summed E-state index contributed by atoms with van der Waals surface area (Å²) in [7, 11) is 1.95. The Balaban J connectivity index is 1.76. The van der Waals surface area contributed by atoms with Crippen LogP contribution in [0.5, 0.6) is 0 Å². The van der Waals surface area contributed by atoms with Crippen molar-refractivity contribution in [2.75, 3.05) is 18.9 Å². The quantitative estimate of drug-likeness (QED) is 0.571. The number of carbonyl (C=O) groups is 1. The Morgan fingerprint density at radius 1 is 1.07 bits per heavy atom. The van der Waals surface area contributed by atoms with E-state index in [1.807, 2.05) is 61.6 Å². The molecule has 3 aromatic rings. The van der Waals surface area contributed by atoms with Crippen molar-refractivity contribution in [3.63, 3.8) is 0 Å². The summed E-state index contributed by atoms with van der Waals surface area (Å²) in [5, 5.41) is 6.70. The van der Waals surface area contributed by atoms with Crippen LogP contribution in [0.3, 0.4) is 0 Å². The molecular weight excluding hydrogens is 382 g/mol. The van der Waals surface area contributed by atoms with E-state index >= 15 is 0 Å². The van der Waals surface area contributed by atoms with Gasteiger partial charge in [-0.05, 0) is 61.0 Å². The molecule has 0 spiro atoms. The fourth-order valence-electron chi connectivity index (χ4n) is 3.56. The first-order valence-electron chi connectivity index (χ1n) is 9.63. The topological polar surface area (TPSA) is 53.5 Å². The zero-order valence-corrected chi connectivity index (χ0v) is 16.9. The zero-order valence-electron chi connectivity index (χ0n) is 16.2. The van der Waals surface area contributed by atoms with Crippen LogP contribution in [0.1, 0.15) is 22.6 Å². The number of halogens is 1. The molecule has 1 atom stereocenters. The summed E-state index contributed by atoms with van der Waals surface area (Å²) in [5.74, 6) is -0.566. The molecule has 1 heterocycles. The van der Waals surface area contributed by atoms with Crippen molar-refractivity contribution >= 4 is 34.6 Å². The number of nitrogens with one attached hydrogen (secondary N) is 2. The first-order valence-corrected chi connectivity index (χ1v) is 10.0. The van der Waals surface area contributed by atoms with Gasteiger partial charge in [0.15, 0.2) is 0 Å². The number of aliphatic imine (C=N–C) groups is 1. The minimum Gasteiger partial charge on any atom is -0.325 e. The van der Waals surface area contributed by atoms with Crippen LogP contribution in [0.4, 0.5) is 11.4 Å². The number of amides is 1. The molecule has 29 heavy (non-hydrogen) atoms. The molecule has 0 bridgehead atoms. The minimum atomic E-state index is -0.478. The average molecular weight is 404 g/mol. The van der Waals surface area contributed by atoms with Crippen molar-refractivity contribution in [3.8, 4) is 0 Å². The number of rotatable bonds is 6. The van der Waals surface area contributed by atoms with Crippen molar-refractivity contribution in [3.05, 3.63) is 94.5 Å². The molecule has 1 aliphatic heterocycles. The summed E-state index contributed by atoms with van der Waals surface area (Å²) in [6.07, 6.45) is 0.963. The fraction of sp³-hybridized carbons (Fsp3) is 0.167. The van der Waals surface area contributed by atoms with E-state index in [4.69, 9.17) is 16.6 Å². The lowest BCUT2D eigenvalue weighted by molar-refractivity contribution is -0.115. The van der Waals surface area contributed by atoms with E-state index in [0.717, 1.165) is 41.2 Å². The van der Waals surface area contributed by atoms with Gasteiger partial charge in [0.2, 0.25) is 5.91 Å². The predicted molar refractivity (Wildman–Crippen MR) is 120 cm³/mol. The summed E-state index contributed by atoms with van der Waals surface area (Å²) in [6, 6.07) is 23.5. The zero-order chi connectivity index (χ0) is 20.2. The number of hydrogen-bond acceptors (Lipinski definition) is 3. The molecule has 1 unspecified atom stereocenters. The molecule has 0 aliphatic carbocycles. The largest absolute Gasteiger partial charge is 0.325 e. The molecular formula is C24H22ClN3O. The Hall–Kier alpha value is -2.95. The van der Waals surface area contributed by atoms with Crippen LogP contribution in [-0.4, -0.2) is 25.2 Å². The highest BCUT2D eigenvalue weighted by atomic mass is 35.5. The minimum absolute atomic E-state index is 0.0875. The van der Waals surface area contributed by atoms with Crippen LogP contribution in [-0.2, 0) is 11.2 Å². The first-order chi connectivity index (χ1) is 14.2. The van der Waals surface area contributed by atoms with Gasteiger partial charge in [-0.1, -0.05) is 60.1 Å². The molecule has 0 aromatic heterocycles. The molecule has 0 radical (unpaired) electrons. The van der Waals surface area contributed by atoms with E-state index in [-0.39, 0.29) is 5.91 Å². The van der Waals surface area contributed by atoms with Gasteiger partial charge >= 0.3 is 0 Å². The average Bonchev–Trinajstić information content (AvgIpc) is 3.06. The molecule has 4 nitrogen and oxygen atoms in total. The highest BCUT2D eigenvalue weighted by Gasteiger charge is 2.35. The Morgan fingerprint density at radius 2 is 1.83 bits per heavy atom. The molecule has 2 N–H and O–H groups in total. The van der Waals surface area contributed by atoms with Crippen LogP contribution >= 0.6 is 11.6 Å². The molecule has 0 saturated carbocycles. The number of benzene rings is 3. The summed E-state index contributed by atoms with van der Waals surface area (Å²) in [5.41, 5.74) is 5.37. The second kappa shape index (κ2) is 8.60. The molecule has 4 rings (SSSR count). The Kier molecular flexibility index (Phi) is 5.74. The van der Waals surface area contributed by atoms with Crippen LogP contribution in [0, 0.1) is 0 Å². The van der Waals surface area contributed by atoms with Crippen LogP contribution in [0.2, 0.25) is 5.02 Å². The number of nitrogens with zero attached hydrogens (tertiary/aromatic N) is 1. The van der Waals surface area contributed by atoms with E-state index in [0.29, 0.717) is 5.02 Å². The van der Waals surface area contributed by atoms with Gasteiger partial charge < -0.3 is 10.6 Å². The number of carbonyl (C=O) groups excluding carboxylic acids is 1. The number of hydrogen-bond donors (Lipinski definition) is 2. The standard InChI is InChI=1S/C24H22ClN3O/c1-26-14-13-16-7-10-19(11-8-16)27-23(17-5-3-2-4-6-17)22-20-12-9-18(25)15-21(20)28-24(22)29/h2-12,15,22,26H,13-14H2,1H3,(H,28,29). The summed E-state index contributed by atoms with van der Waals surface area (Å²) in [4.78, 5) is 17.8. The SMILES string of the molecule is CNCCc1ccc(N=C(c2ccccc2)C2C(=O)Nc3cc(Cl)ccc32)cc1. The molecule has 0 saturated heterocycles. The van der Waals surface area contributed by atoms with Crippen molar-refractivity contribution < 1.29 is 4.79 Å². The van der Waals surface area contributed by atoms with Crippen LogP contribution < -0.4 is 10.6 Å². The number of fused-ring (bicyclic) bond motifs is 1. The molecule has 5 heteroatoms. The third-order valence-electron chi connectivity index (χ3n) is 5.04. The van der Waals surface area contributed by atoms with Gasteiger partial charge in [0.1, 0.15) is 5.92 Å². The van der Waals surface area contributed by atoms with Gasteiger partial charge in [-0.2, -0.15) is 0 Å². The van der Waals surface area contributed by atoms with Gasteiger partial charge in [0.05, 0.1) is 11.4 Å². The number of likely N-dealkylation sites (N-methyl/N-ethyl adjacent to an activating group) is 1.